The fourth-order valence-corrected chi connectivity index (χ4v) is 2.16. The number of amides is 2. The van der Waals surface area contributed by atoms with Gasteiger partial charge in [0.1, 0.15) is 0 Å². The lowest BCUT2D eigenvalue weighted by molar-refractivity contribution is -0.132. The average molecular weight is 246 g/mol. The van der Waals surface area contributed by atoms with Crippen molar-refractivity contribution in [1.29, 1.82) is 0 Å². The number of benzene rings is 1. The molecule has 2 atom stereocenters. The highest BCUT2D eigenvalue weighted by Gasteiger charge is 2.26. The van der Waals surface area contributed by atoms with Crippen molar-refractivity contribution in [2.24, 2.45) is 5.92 Å². The summed E-state index contributed by atoms with van der Waals surface area (Å²) in [5, 5.41) is 5.70. The second-order valence-corrected chi connectivity index (χ2v) is 4.68. The normalized spacial score (nSPS) is 20.9. The minimum absolute atomic E-state index is 0.0244. The Hall–Kier alpha value is -1.84. The van der Waals surface area contributed by atoms with E-state index in [2.05, 4.69) is 10.6 Å². The van der Waals surface area contributed by atoms with Crippen LogP contribution in [0, 0.1) is 5.92 Å². The van der Waals surface area contributed by atoms with Gasteiger partial charge in [-0.05, 0) is 18.9 Å². The van der Waals surface area contributed by atoms with Crippen LogP contribution in [0.1, 0.15) is 31.4 Å². The third-order valence-electron chi connectivity index (χ3n) is 3.28. The first kappa shape index (κ1) is 12.6. The second-order valence-electron chi connectivity index (χ2n) is 4.68. The molecule has 0 aromatic heterocycles. The summed E-state index contributed by atoms with van der Waals surface area (Å²) in [4.78, 5) is 23.3. The topological polar surface area (TPSA) is 58.2 Å². The molecule has 0 radical (unpaired) electrons. The first-order chi connectivity index (χ1) is 8.66. The number of hydrogen-bond acceptors (Lipinski definition) is 2. The maximum absolute atomic E-state index is 12.0. The molecule has 1 aromatic carbocycles. The van der Waals surface area contributed by atoms with Gasteiger partial charge in [0, 0.05) is 18.9 Å². The monoisotopic (exact) mass is 246 g/mol. The molecule has 2 amide bonds. The van der Waals surface area contributed by atoms with Crippen molar-refractivity contribution >= 4 is 11.8 Å². The number of carbonyl (C=O) groups excluding carboxylic acids is 2. The summed E-state index contributed by atoms with van der Waals surface area (Å²) < 4.78 is 0. The minimum Gasteiger partial charge on any atom is -0.356 e. The van der Waals surface area contributed by atoms with Gasteiger partial charge >= 0.3 is 0 Å². The van der Waals surface area contributed by atoms with E-state index in [-0.39, 0.29) is 23.8 Å². The number of hydrogen-bond donors (Lipinski definition) is 2. The highest BCUT2D eigenvalue weighted by atomic mass is 16.2. The molecule has 0 bridgehead atoms. The Morgan fingerprint density at radius 3 is 2.78 bits per heavy atom. The molecular weight excluding hydrogens is 228 g/mol. The van der Waals surface area contributed by atoms with Crippen LogP contribution >= 0.6 is 0 Å². The lowest BCUT2D eigenvalue weighted by atomic mass is 9.96. The van der Waals surface area contributed by atoms with Crippen LogP contribution in [0.15, 0.2) is 30.3 Å². The molecule has 1 aromatic rings. The van der Waals surface area contributed by atoms with Gasteiger partial charge in [-0.1, -0.05) is 30.3 Å². The van der Waals surface area contributed by atoms with E-state index in [0.717, 1.165) is 12.0 Å². The van der Waals surface area contributed by atoms with Gasteiger partial charge < -0.3 is 10.6 Å². The Morgan fingerprint density at radius 2 is 2.11 bits per heavy atom. The summed E-state index contributed by atoms with van der Waals surface area (Å²) in [6.45, 7) is 2.55. The van der Waals surface area contributed by atoms with Gasteiger partial charge in [-0.15, -0.1) is 0 Å². The van der Waals surface area contributed by atoms with Crippen molar-refractivity contribution in [2.75, 3.05) is 6.54 Å². The molecule has 0 aliphatic carbocycles. The zero-order valence-corrected chi connectivity index (χ0v) is 10.5. The number of rotatable bonds is 3. The molecule has 1 aliphatic heterocycles. The van der Waals surface area contributed by atoms with Gasteiger partial charge in [-0.2, -0.15) is 0 Å². The van der Waals surface area contributed by atoms with E-state index in [4.69, 9.17) is 0 Å². The van der Waals surface area contributed by atoms with E-state index in [1.807, 2.05) is 37.3 Å². The van der Waals surface area contributed by atoms with E-state index in [9.17, 15) is 9.59 Å². The molecule has 2 N–H and O–H groups in total. The number of piperidine rings is 1. The maximum Gasteiger partial charge on any atom is 0.224 e. The van der Waals surface area contributed by atoms with Crippen molar-refractivity contribution < 1.29 is 9.59 Å². The summed E-state index contributed by atoms with van der Waals surface area (Å²) >= 11 is 0. The van der Waals surface area contributed by atoms with Gasteiger partial charge in [0.2, 0.25) is 11.8 Å². The first-order valence-electron chi connectivity index (χ1n) is 6.29. The van der Waals surface area contributed by atoms with Crippen molar-refractivity contribution in [2.45, 2.75) is 25.8 Å². The lowest BCUT2D eigenvalue weighted by Gasteiger charge is -2.23. The third-order valence-corrected chi connectivity index (χ3v) is 3.28. The molecule has 0 saturated carbocycles. The smallest absolute Gasteiger partial charge is 0.224 e. The second kappa shape index (κ2) is 5.67. The molecule has 2 unspecified atom stereocenters. The van der Waals surface area contributed by atoms with Crippen LogP contribution in [-0.2, 0) is 9.59 Å². The van der Waals surface area contributed by atoms with E-state index in [1.165, 1.54) is 0 Å². The van der Waals surface area contributed by atoms with Crippen LogP contribution in [0.2, 0.25) is 0 Å². The fourth-order valence-electron chi connectivity index (χ4n) is 2.16. The largest absolute Gasteiger partial charge is 0.356 e. The molecule has 4 nitrogen and oxygen atoms in total. The van der Waals surface area contributed by atoms with Gasteiger partial charge in [0.15, 0.2) is 0 Å². The predicted octanol–water partition coefficient (Wildman–Crippen LogP) is 1.39. The van der Waals surface area contributed by atoms with Gasteiger partial charge in [0.25, 0.3) is 0 Å². The molecule has 2 rings (SSSR count). The Kier molecular flexibility index (Phi) is 3.97. The van der Waals surface area contributed by atoms with Crippen LogP contribution < -0.4 is 10.6 Å². The zero-order valence-electron chi connectivity index (χ0n) is 10.5. The third kappa shape index (κ3) is 3.09. The molecule has 96 valence electrons. The SMILES string of the molecule is CC(NC(=O)C1CCNC(=O)C1)c1ccccc1. The summed E-state index contributed by atoms with van der Waals surface area (Å²) in [5.74, 6) is -0.250. The van der Waals surface area contributed by atoms with Crippen LogP contribution in [0.25, 0.3) is 0 Å². The summed E-state index contributed by atoms with van der Waals surface area (Å²) in [5.41, 5.74) is 1.08. The van der Waals surface area contributed by atoms with Crippen molar-refractivity contribution in [1.82, 2.24) is 10.6 Å². The molecule has 1 saturated heterocycles. The van der Waals surface area contributed by atoms with Gasteiger partial charge in [-0.25, -0.2) is 0 Å². The van der Waals surface area contributed by atoms with E-state index >= 15 is 0 Å². The van der Waals surface area contributed by atoms with E-state index < -0.39 is 0 Å². The lowest BCUT2D eigenvalue weighted by Crippen LogP contribution is -2.41. The quantitative estimate of drug-likeness (QED) is 0.846. The average Bonchev–Trinajstić information content (AvgIpc) is 2.39. The first-order valence-corrected chi connectivity index (χ1v) is 6.29. The number of carbonyl (C=O) groups is 2. The zero-order chi connectivity index (χ0) is 13.0. The molecule has 1 fully saturated rings. The molecule has 1 heterocycles. The highest BCUT2D eigenvalue weighted by molar-refractivity contribution is 5.87. The van der Waals surface area contributed by atoms with Crippen LogP contribution in [-0.4, -0.2) is 18.4 Å². The number of nitrogens with one attached hydrogen (secondary N) is 2. The van der Waals surface area contributed by atoms with E-state index in [1.54, 1.807) is 0 Å². The maximum atomic E-state index is 12.0. The predicted molar refractivity (Wildman–Crippen MR) is 68.7 cm³/mol. The fraction of sp³-hybridized carbons (Fsp3) is 0.429. The molecule has 0 spiro atoms. The molecular formula is C14H18N2O2. The Balaban J connectivity index is 1.93. The van der Waals surface area contributed by atoms with Crippen molar-refractivity contribution in [3.05, 3.63) is 35.9 Å². The Morgan fingerprint density at radius 1 is 1.39 bits per heavy atom. The van der Waals surface area contributed by atoms with E-state index in [0.29, 0.717) is 13.0 Å². The molecule has 1 aliphatic rings. The minimum atomic E-state index is -0.190. The summed E-state index contributed by atoms with van der Waals surface area (Å²) in [6, 6.07) is 9.79. The summed E-state index contributed by atoms with van der Waals surface area (Å²) in [6.07, 6.45) is 1.02. The van der Waals surface area contributed by atoms with Gasteiger partial charge in [-0.3, -0.25) is 9.59 Å². The molecule has 4 heteroatoms. The van der Waals surface area contributed by atoms with Crippen LogP contribution in [0.4, 0.5) is 0 Å². The van der Waals surface area contributed by atoms with Crippen LogP contribution in [0.5, 0.6) is 0 Å². The van der Waals surface area contributed by atoms with Crippen molar-refractivity contribution in [3.63, 3.8) is 0 Å². The Labute approximate surface area is 107 Å². The molecule has 18 heavy (non-hydrogen) atoms. The highest BCUT2D eigenvalue weighted by Crippen LogP contribution is 2.16. The van der Waals surface area contributed by atoms with Gasteiger partial charge in [0.05, 0.1) is 6.04 Å². The summed E-state index contributed by atoms with van der Waals surface area (Å²) in [7, 11) is 0. The standard InChI is InChI=1S/C14H18N2O2/c1-10(11-5-3-2-4-6-11)16-14(18)12-7-8-15-13(17)9-12/h2-6,10,12H,7-9H2,1H3,(H,15,17)(H,16,18). The Bertz CT molecular complexity index is 431. The van der Waals surface area contributed by atoms with Crippen LogP contribution in [0.3, 0.4) is 0 Å². The van der Waals surface area contributed by atoms with Crippen molar-refractivity contribution in [3.8, 4) is 0 Å².